The summed E-state index contributed by atoms with van der Waals surface area (Å²) in [4.78, 5) is 0. The van der Waals surface area contributed by atoms with Crippen LogP contribution in [0.4, 0.5) is 0 Å². The molecule has 1 aliphatic rings. The summed E-state index contributed by atoms with van der Waals surface area (Å²) in [5.41, 5.74) is 0. The van der Waals surface area contributed by atoms with Gasteiger partial charge in [0.15, 0.2) is 0 Å². The van der Waals surface area contributed by atoms with Gasteiger partial charge in [-0.05, 0) is 39.3 Å². The van der Waals surface area contributed by atoms with E-state index in [-0.39, 0.29) is 12.1 Å². The molecule has 0 radical (unpaired) electrons. The molecule has 0 aromatic heterocycles. The lowest BCUT2D eigenvalue weighted by molar-refractivity contribution is 0.101. The first kappa shape index (κ1) is 17.8. The van der Waals surface area contributed by atoms with Crippen molar-refractivity contribution in [1.82, 2.24) is 13.9 Å². The molecule has 2 atom stereocenters. The van der Waals surface area contributed by atoms with Crippen LogP contribution in [0.5, 0.6) is 0 Å². The Morgan fingerprint density at radius 1 is 1.30 bits per heavy atom. The molecule has 6 nitrogen and oxygen atoms in total. The lowest BCUT2D eigenvalue weighted by Crippen LogP contribution is -2.47. The molecule has 0 aromatic rings. The Balaban J connectivity index is 2.45. The maximum Gasteiger partial charge on any atom is 0.281 e. The van der Waals surface area contributed by atoms with Crippen LogP contribution in [-0.4, -0.2) is 69.5 Å². The van der Waals surface area contributed by atoms with Crippen LogP contribution in [0.2, 0.25) is 0 Å². The monoisotopic (exact) mass is 307 g/mol. The number of rotatable bonds is 9. The molecule has 1 rings (SSSR count). The molecule has 0 spiro atoms. The number of nitrogens with zero attached hydrogens (tertiary/aromatic N) is 2. The van der Waals surface area contributed by atoms with E-state index in [1.54, 1.807) is 14.1 Å². The summed E-state index contributed by atoms with van der Waals surface area (Å²) in [6, 6.07) is -0.0549. The van der Waals surface area contributed by atoms with E-state index >= 15 is 0 Å². The first-order chi connectivity index (χ1) is 9.41. The minimum atomic E-state index is -3.39. The van der Waals surface area contributed by atoms with Crippen molar-refractivity contribution >= 4 is 10.2 Å². The zero-order chi connectivity index (χ0) is 15.2. The van der Waals surface area contributed by atoms with E-state index in [1.807, 2.05) is 6.92 Å². The molecule has 1 N–H and O–H groups in total. The van der Waals surface area contributed by atoms with Crippen molar-refractivity contribution in [2.24, 2.45) is 0 Å². The van der Waals surface area contributed by atoms with Gasteiger partial charge in [0.05, 0.1) is 12.1 Å². The Bertz CT molecular complexity index is 375. The zero-order valence-electron chi connectivity index (χ0n) is 13.1. The molecule has 0 aliphatic carbocycles. The van der Waals surface area contributed by atoms with Crippen molar-refractivity contribution in [3.8, 4) is 0 Å². The predicted octanol–water partition coefficient (Wildman–Crippen LogP) is 0.662. The average Bonchev–Trinajstić information content (AvgIpc) is 2.83. The van der Waals surface area contributed by atoms with E-state index in [2.05, 4.69) is 12.2 Å². The summed E-state index contributed by atoms with van der Waals surface area (Å²) in [5, 5.41) is 3.28. The SMILES string of the molecule is CCCNCCCN(C)S(=O)(=O)N(C)C1CCOC1C. The number of hydrogen-bond acceptors (Lipinski definition) is 4. The van der Waals surface area contributed by atoms with Crippen LogP contribution in [0, 0.1) is 0 Å². The molecular formula is C13H29N3O3S. The van der Waals surface area contributed by atoms with Crippen molar-refractivity contribution < 1.29 is 13.2 Å². The van der Waals surface area contributed by atoms with Gasteiger partial charge < -0.3 is 10.1 Å². The average molecular weight is 307 g/mol. The van der Waals surface area contributed by atoms with Crippen LogP contribution in [0.1, 0.15) is 33.1 Å². The second-order valence-corrected chi connectivity index (χ2v) is 7.48. The molecular weight excluding hydrogens is 278 g/mol. The van der Waals surface area contributed by atoms with Crippen LogP contribution in [0.3, 0.4) is 0 Å². The Hall–Kier alpha value is -0.210. The minimum absolute atomic E-state index is 0.0330. The van der Waals surface area contributed by atoms with E-state index < -0.39 is 10.2 Å². The maximum absolute atomic E-state index is 12.5. The minimum Gasteiger partial charge on any atom is -0.377 e. The Morgan fingerprint density at radius 2 is 2.00 bits per heavy atom. The number of ether oxygens (including phenoxy) is 1. The molecule has 1 aliphatic heterocycles. The Morgan fingerprint density at radius 3 is 2.55 bits per heavy atom. The highest BCUT2D eigenvalue weighted by Gasteiger charge is 2.36. The summed E-state index contributed by atoms with van der Waals surface area (Å²) in [6.07, 6.45) is 2.65. The fourth-order valence-corrected chi connectivity index (χ4v) is 3.85. The fraction of sp³-hybridized carbons (Fsp3) is 1.00. The molecule has 2 unspecified atom stereocenters. The van der Waals surface area contributed by atoms with Gasteiger partial charge in [-0.15, -0.1) is 0 Å². The highest BCUT2D eigenvalue weighted by Crippen LogP contribution is 2.21. The molecule has 0 saturated carbocycles. The molecule has 0 amide bonds. The van der Waals surface area contributed by atoms with E-state index in [9.17, 15) is 8.42 Å². The van der Waals surface area contributed by atoms with Crippen LogP contribution in [0.25, 0.3) is 0 Å². The van der Waals surface area contributed by atoms with Crippen molar-refractivity contribution in [3.63, 3.8) is 0 Å². The first-order valence-electron chi connectivity index (χ1n) is 7.42. The van der Waals surface area contributed by atoms with Gasteiger partial charge in [-0.2, -0.15) is 17.0 Å². The summed E-state index contributed by atoms with van der Waals surface area (Å²) >= 11 is 0. The van der Waals surface area contributed by atoms with Gasteiger partial charge in [0, 0.05) is 27.2 Å². The summed E-state index contributed by atoms with van der Waals surface area (Å²) in [5.74, 6) is 0. The molecule has 1 saturated heterocycles. The van der Waals surface area contributed by atoms with Crippen LogP contribution < -0.4 is 5.32 Å². The van der Waals surface area contributed by atoms with Crippen molar-refractivity contribution in [1.29, 1.82) is 0 Å². The van der Waals surface area contributed by atoms with Crippen LogP contribution in [0.15, 0.2) is 0 Å². The fourth-order valence-electron chi connectivity index (χ4n) is 2.43. The molecule has 0 bridgehead atoms. The van der Waals surface area contributed by atoms with Gasteiger partial charge in [-0.1, -0.05) is 6.92 Å². The Labute approximate surface area is 123 Å². The summed E-state index contributed by atoms with van der Waals surface area (Å²) < 4.78 is 33.3. The highest BCUT2D eigenvalue weighted by atomic mass is 32.2. The second kappa shape index (κ2) is 8.29. The number of nitrogens with one attached hydrogen (secondary N) is 1. The lowest BCUT2D eigenvalue weighted by atomic mass is 10.2. The smallest absolute Gasteiger partial charge is 0.281 e. The summed E-state index contributed by atoms with van der Waals surface area (Å²) in [6.45, 7) is 7.04. The van der Waals surface area contributed by atoms with Gasteiger partial charge in [0.2, 0.25) is 0 Å². The van der Waals surface area contributed by atoms with Gasteiger partial charge in [0.25, 0.3) is 10.2 Å². The van der Waals surface area contributed by atoms with E-state index in [1.165, 1.54) is 8.61 Å². The standard InChI is InChI=1S/C13H29N3O3S/c1-5-8-14-9-6-10-15(3)20(17,18)16(4)13-7-11-19-12(13)2/h12-14H,5-11H2,1-4H3. The van der Waals surface area contributed by atoms with E-state index in [4.69, 9.17) is 4.74 Å². The third-order valence-electron chi connectivity index (χ3n) is 3.81. The quantitative estimate of drug-likeness (QED) is 0.636. The second-order valence-electron chi connectivity index (χ2n) is 5.38. The van der Waals surface area contributed by atoms with Gasteiger partial charge in [-0.3, -0.25) is 0 Å². The third kappa shape index (κ3) is 4.66. The summed E-state index contributed by atoms with van der Waals surface area (Å²) in [7, 11) is -0.0944. The van der Waals surface area contributed by atoms with Crippen LogP contribution >= 0.6 is 0 Å². The molecule has 20 heavy (non-hydrogen) atoms. The van der Waals surface area contributed by atoms with Gasteiger partial charge in [0.1, 0.15) is 0 Å². The Kier molecular flexibility index (Phi) is 7.39. The largest absolute Gasteiger partial charge is 0.377 e. The highest BCUT2D eigenvalue weighted by molar-refractivity contribution is 7.86. The van der Waals surface area contributed by atoms with Crippen molar-refractivity contribution in [2.75, 3.05) is 40.3 Å². The lowest BCUT2D eigenvalue weighted by Gasteiger charge is -2.30. The van der Waals surface area contributed by atoms with Gasteiger partial charge >= 0.3 is 0 Å². The molecule has 1 heterocycles. The third-order valence-corrected chi connectivity index (χ3v) is 5.78. The number of hydrogen-bond donors (Lipinski definition) is 1. The van der Waals surface area contributed by atoms with E-state index in [0.29, 0.717) is 13.2 Å². The maximum atomic E-state index is 12.5. The predicted molar refractivity (Wildman–Crippen MR) is 80.9 cm³/mol. The molecule has 0 aromatic carbocycles. The normalized spacial score (nSPS) is 23.9. The zero-order valence-corrected chi connectivity index (χ0v) is 13.9. The van der Waals surface area contributed by atoms with Crippen molar-refractivity contribution in [3.05, 3.63) is 0 Å². The number of likely N-dealkylation sites (N-methyl/N-ethyl adjacent to an activating group) is 1. The first-order valence-corrected chi connectivity index (χ1v) is 8.82. The van der Waals surface area contributed by atoms with Crippen molar-refractivity contribution in [2.45, 2.75) is 45.3 Å². The molecule has 7 heteroatoms. The van der Waals surface area contributed by atoms with E-state index in [0.717, 1.165) is 32.4 Å². The van der Waals surface area contributed by atoms with Crippen LogP contribution in [-0.2, 0) is 14.9 Å². The molecule has 120 valence electrons. The molecule has 1 fully saturated rings. The van der Waals surface area contributed by atoms with Gasteiger partial charge in [-0.25, -0.2) is 0 Å². The topological polar surface area (TPSA) is 61.9 Å².